The minimum atomic E-state index is 0.717. The Morgan fingerprint density at radius 1 is 1.50 bits per heavy atom. The lowest BCUT2D eigenvalue weighted by atomic mass is 10.4. The van der Waals surface area contributed by atoms with E-state index in [2.05, 4.69) is 6.92 Å². The third kappa shape index (κ3) is 8.51. The van der Waals surface area contributed by atoms with Crippen LogP contribution in [0.2, 0.25) is 0 Å². The highest BCUT2D eigenvalue weighted by molar-refractivity contribution is 7.99. The first-order valence-corrected chi connectivity index (χ1v) is 5.98. The summed E-state index contributed by atoms with van der Waals surface area (Å²) in [7, 11) is 0. The van der Waals surface area contributed by atoms with E-state index in [-0.39, 0.29) is 0 Å². The van der Waals surface area contributed by atoms with Crippen molar-refractivity contribution in [3.63, 3.8) is 0 Å². The highest BCUT2D eigenvalue weighted by atomic mass is 35.5. The van der Waals surface area contributed by atoms with Gasteiger partial charge in [-0.3, -0.25) is 0 Å². The number of hydrogen-bond acceptors (Lipinski definition) is 1. The molecule has 0 saturated carbocycles. The Kier molecular flexibility index (Phi) is 9.82. The SMILES string of the molecule is CCCCSC/C=C(Cl)\C=C\Cl. The second kappa shape index (κ2) is 9.50. The molecule has 0 atom stereocenters. The van der Waals surface area contributed by atoms with Crippen molar-refractivity contribution in [1.82, 2.24) is 0 Å². The molecule has 0 N–H and O–H groups in total. The van der Waals surface area contributed by atoms with Crippen LogP contribution in [-0.4, -0.2) is 11.5 Å². The van der Waals surface area contributed by atoms with E-state index in [9.17, 15) is 0 Å². The van der Waals surface area contributed by atoms with Gasteiger partial charge in [0.25, 0.3) is 0 Å². The third-order valence-corrected chi connectivity index (χ3v) is 2.65. The Morgan fingerprint density at radius 3 is 2.83 bits per heavy atom. The summed E-state index contributed by atoms with van der Waals surface area (Å²) in [5.74, 6) is 2.18. The summed E-state index contributed by atoms with van der Waals surface area (Å²) in [5, 5.41) is 0.717. The summed E-state index contributed by atoms with van der Waals surface area (Å²) in [4.78, 5) is 0. The van der Waals surface area contributed by atoms with Crippen LogP contribution >= 0.6 is 35.0 Å². The van der Waals surface area contributed by atoms with Gasteiger partial charge in [0.1, 0.15) is 0 Å². The van der Waals surface area contributed by atoms with E-state index in [1.165, 1.54) is 24.1 Å². The van der Waals surface area contributed by atoms with Crippen molar-refractivity contribution in [3.05, 3.63) is 22.7 Å². The fourth-order valence-corrected chi connectivity index (χ4v) is 1.99. The lowest BCUT2D eigenvalue weighted by Crippen LogP contribution is -1.79. The molecule has 0 radical (unpaired) electrons. The number of unbranched alkanes of at least 4 members (excludes halogenated alkanes) is 1. The predicted molar refractivity (Wildman–Crippen MR) is 61.2 cm³/mol. The van der Waals surface area contributed by atoms with Gasteiger partial charge in [-0.25, -0.2) is 0 Å². The van der Waals surface area contributed by atoms with Gasteiger partial charge in [0, 0.05) is 16.3 Å². The maximum absolute atomic E-state index is 5.77. The molecule has 0 aromatic rings. The largest absolute Gasteiger partial charge is 0.158 e. The van der Waals surface area contributed by atoms with E-state index in [4.69, 9.17) is 23.2 Å². The molecular formula is C9H14Cl2S. The van der Waals surface area contributed by atoms with Gasteiger partial charge in [0.05, 0.1) is 0 Å². The first-order valence-electron chi connectivity index (χ1n) is 4.01. The molecule has 0 amide bonds. The molecule has 3 heteroatoms. The van der Waals surface area contributed by atoms with Crippen LogP contribution in [0.15, 0.2) is 22.7 Å². The number of thioether (sulfide) groups is 1. The number of hydrogen-bond donors (Lipinski definition) is 0. The summed E-state index contributed by atoms with van der Waals surface area (Å²) < 4.78 is 0. The van der Waals surface area contributed by atoms with Gasteiger partial charge < -0.3 is 0 Å². The number of halogens is 2. The smallest absolute Gasteiger partial charge is 0.0383 e. The van der Waals surface area contributed by atoms with Crippen molar-refractivity contribution >= 4 is 35.0 Å². The molecule has 0 aliphatic rings. The fraction of sp³-hybridized carbons (Fsp3) is 0.556. The van der Waals surface area contributed by atoms with Gasteiger partial charge in [-0.05, 0) is 18.2 Å². The summed E-state index contributed by atoms with van der Waals surface area (Å²) in [5.41, 5.74) is 1.43. The summed E-state index contributed by atoms with van der Waals surface area (Å²) >= 11 is 13.0. The first-order chi connectivity index (χ1) is 5.81. The van der Waals surface area contributed by atoms with E-state index in [0.29, 0.717) is 5.03 Å². The minimum absolute atomic E-state index is 0.717. The first kappa shape index (κ1) is 12.4. The van der Waals surface area contributed by atoms with Gasteiger partial charge in [0.15, 0.2) is 0 Å². The van der Waals surface area contributed by atoms with Crippen LogP contribution in [0, 0.1) is 0 Å². The van der Waals surface area contributed by atoms with Crippen LogP contribution in [0.5, 0.6) is 0 Å². The van der Waals surface area contributed by atoms with Crippen molar-refractivity contribution in [2.24, 2.45) is 0 Å². The maximum atomic E-state index is 5.77. The second-order valence-electron chi connectivity index (χ2n) is 2.31. The molecule has 0 aromatic heterocycles. The van der Waals surface area contributed by atoms with Crippen LogP contribution in [0.1, 0.15) is 19.8 Å². The number of rotatable bonds is 6. The Bertz CT molecular complexity index is 153. The van der Waals surface area contributed by atoms with Gasteiger partial charge in [-0.1, -0.05) is 42.6 Å². The standard InChI is InChI=1S/C9H14Cl2S/c1-2-3-7-12-8-5-9(11)4-6-10/h4-6H,2-3,7-8H2,1H3/b6-4+,9-5+. The van der Waals surface area contributed by atoms with E-state index in [1.807, 2.05) is 17.8 Å². The lowest BCUT2D eigenvalue weighted by Gasteiger charge is -1.94. The summed E-state index contributed by atoms with van der Waals surface area (Å²) in [6.07, 6.45) is 6.19. The van der Waals surface area contributed by atoms with Crippen LogP contribution in [0.3, 0.4) is 0 Å². The van der Waals surface area contributed by atoms with E-state index >= 15 is 0 Å². The highest BCUT2D eigenvalue weighted by Crippen LogP contribution is 2.09. The summed E-state index contributed by atoms with van der Waals surface area (Å²) in [6.45, 7) is 2.19. The normalized spacial score (nSPS) is 12.8. The molecular weight excluding hydrogens is 211 g/mol. The second-order valence-corrected chi connectivity index (χ2v) is 4.15. The van der Waals surface area contributed by atoms with E-state index < -0.39 is 0 Å². The zero-order valence-electron chi connectivity index (χ0n) is 7.22. The van der Waals surface area contributed by atoms with Crippen molar-refractivity contribution in [3.8, 4) is 0 Å². The van der Waals surface area contributed by atoms with E-state index in [0.717, 1.165) is 5.75 Å². The molecule has 0 saturated heterocycles. The molecule has 0 nitrogen and oxygen atoms in total. The van der Waals surface area contributed by atoms with Gasteiger partial charge in [0.2, 0.25) is 0 Å². The van der Waals surface area contributed by atoms with Crippen molar-refractivity contribution in [2.45, 2.75) is 19.8 Å². The zero-order valence-corrected chi connectivity index (χ0v) is 9.55. The van der Waals surface area contributed by atoms with Crippen molar-refractivity contribution in [1.29, 1.82) is 0 Å². The van der Waals surface area contributed by atoms with Crippen molar-refractivity contribution < 1.29 is 0 Å². The molecule has 0 bridgehead atoms. The quantitative estimate of drug-likeness (QED) is 0.477. The fourth-order valence-electron chi connectivity index (χ4n) is 0.596. The van der Waals surface area contributed by atoms with E-state index in [1.54, 1.807) is 6.08 Å². The topological polar surface area (TPSA) is 0 Å². The predicted octanol–water partition coefficient (Wildman–Crippen LogP) is 4.39. The van der Waals surface area contributed by atoms with Crippen LogP contribution in [0.4, 0.5) is 0 Å². The highest BCUT2D eigenvalue weighted by Gasteiger charge is 1.86. The molecule has 0 unspecified atom stereocenters. The molecule has 0 fully saturated rings. The average Bonchev–Trinajstić information content (AvgIpc) is 2.05. The molecule has 12 heavy (non-hydrogen) atoms. The lowest BCUT2D eigenvalue weighted by molar-refractivity contribution is 0.897. The molecule has 70 valence electrons. The minimum Gasteiger partial charge on any atom is -0.158 e. The Hall–Kier alpha value is 0.410. The summed E-state index contributed by atoms with van der Waals surface area (Å²) in [6, 6.07) is 0. The Balaban J connectivity index is 3.33. The molecule has 0 aliphatic carbocycles. The Labute approximate surface area is 89.0 Å². The molecule has 0 heterocycles. The molecule has 0 rings (SSSR count). The maximum Gasteiger partial charge on any atom is 0.0383 e. The van der Waals surface area contributed by atoms with Gasteiger partial charge in [-0.2, -0.15) is 11.8 Å². The molecule has 0 spiro atoms. The Morgan fingerprint density at radius 2 is 2.25 bits per heavy atom. The van der Waals surface area contributed by atoms with Crippen LogP contribution in [-0.2, 0) is 0 Å². The third-order valence-electron chi connectivity index (χ3n) is 1.26. The molecule has 0 aliphatic heterocycles. The zero-order chi connectivity index (χ0) is 9.23. The van der Waals surface area contributed by atoms with Crippen LogP contribution in [0.25, 0.3) is 0 Å². The van der Waals surface area contributed by atoms with Gasteiger partial charge >= 0.3 is 0 Å². The van der Waals surface area contributed by atoms with Crippen LogP contribution < -0.4 is 0 Å². The van der Waals surface area contributed by atoms with Crippen molar-refractivity contribution in [2.75, 3.05) is 11.5 Å². The van der Waals surface area contributed by atoms with Gasteiger partial charge in [-0.15, -0.1) is 0 Å². The monoisotopic (exact) mass is 224 g/mol. The number of allylic oxidation sites excluding steroid dienone is 2. The average molecular weight is 225 g/mol. The molecule has 0 aromatic carbocycles.